The first kappa shape index (κ1) is 9.64. The lowest BCUT2D eigenvalue weighted by Crippen LogP contribution is -1.97. The SMILES string of the molecule is O=C(O)CCc1cn2cccc(F)c2n1. The van der Waals surface area contributed by atoms with Crippen molar-refractivity contribution in [3.8, 4) is 0 Å². The Hall–Kier alpha value is -1.91. The average Bonchev–Trinajstić information content (AvgIpc) is 2.59. The third-order valence-electron chi connectivity index (χ3n) is 2.08. The van der Waals surface area contributed by atoms with Crippen molar-refractivity contribution < 1.29 is 14.3 Å². The molecule has 78 valence electrons. The topological polar surface area (TPSA) is 54.6 Å². The molecule has 4 nitrogen and oxygen atoms in total. The van der Waals surface area contributed by atoms with Gasteiger partial charge in [-0.15, -0.1) is 0 Å². The maximum atomic E-state index is 13.2. The molecule has 5 heteroatoms. The van der Waals surface area contributed by atoms with E-state index in [4.69, 9.17) is 5.11 Å². The van der Waals surface area contributed by atoms with Crippen LogP contribution in [0.15, 0.2) is 24.5 Å². The Morgan fingerprint density at radius 2 is 2.40 bits per heavy atom. The van der Waals surface area contributed by atoms with Gasteiger partial charge in [0.25, 0.3) is 0 Å². The number of aliphatic carboxylic acids is 1. The fourth-order valence-corrected chi connectivity index (χ4v) is 1.38. The molecule has 0 bridgehead atoms. The summed E-state index contributed by atoms with van der Waals surface area (Å²) in [4.78, 5) is 14.4. The highest BCUT2D eigenvalue weighted by molar-refractivity contribution is 5.67. The van der Waals surface area contributed by atoms with Gasteiger partial charge in [-0.1, -0.05) is 0 Å². The van der Waals surface area contributed by atoms with Crippen LogP contribution in [0.3, 0.4) is 0 Å². The normalized spacial score (nSPS) is 10.7. The highest BCUT2D eigenvalue weighted by atomic mass is 19.1. The number of imidazole rings is 1. The molecule has 1 N–H and O–H groups in total. The quantitative estimate of drug-likeness (QED) is 0.831. The molecule has 0 aromatic carbocycles. The summed E-state index contributed by atoms with van der Waals surface area (Å²) >= 11 is 0. The molecule has 0 aliphatic heterocycles. The summed E-state index contributed by atoms with van der Waals surface area (Å²) in [7, 11) is 0. The number of nitrogens with zero attached hydrogens (tertiary/aromatic N) is 2. The number of halogens is 1. The summed E-state index contributed by atoms with van der Waals surface area (Å²) in [6, 6.07) is 2.90. The molecule has 0 amide bonds. The summed E-state index contributed by atoms with van der Waals surface area (Å²) in [5, 5.41) is 8.50. The molecule has 0 radical (unpaired) electrons. The van der Waals surface area contributed by atoms with Gasteiger partial charge >= 0.3 is 5.97 Å². The number of carboxylic acids is 1. The number of rotatable bonds is 3. The molecule has 0 aliphatic carbocycles. The van der Waals surface area contributed by atoms with Gasteiger partial charge in [0, 0.05) is 18.8 Å². The smallest absolute Gasteiger partial charge is 0.303 e. The minimum atomic E-state index is -0.882. The summed E-state index contributed by atoms with van der Waals surface area (Å²) in [5.74, 6) is -1.29. The number of aromatic nitrogens is 2. The Bertz CT molecular complexity index is 507. The van der Waals surface area contributed by atoms with Crippen molar-refractivity contribution in [3.63, 3.8) is 0 Å². The Morgan fingerprint density at radius 3 is 3.07 bits per heavy atom. The highest BCUT2D eigenvalue weighted by Gasteiger charge is 2.06. The van der Waals surface area contributed by atoms with Crippen LogP contribution in [0.2, 0.25) is 0 Å². The van der Waals surface area contributed by atoms with Crippen LogP contribution in [-0.2, 0) is 11.2 Å². The first-order valence-electron chi connectivity index (χ1n) is 4.51. The van der Waals surface area contributed by atoms with Crippen LogP contribution >= 0.6 is 0 Å². The summed E-state index contributed by atoms with van der Waals surface area (Å²) in [5.41, 5.74) is 0.820. The van der Waals surface area contributed by atoms with Crippen LogP contribution in [0.1, 0.15) is 12.1 Å². The lowest BCUT2D eigenvalue weighted by atomic mass is 10.2. The lowest BCUT2D eigenvalue weighted by molar-refractivity contribution is -0.136. The Morgan fingerprint density at radius 1 is 1.60 bits per heavy atom. The molecule has 15 heavy (non-hydrogen) atoms. The molecule has 0 atom stereocenters. The number of hydrogen-bond donors (Lipinski definition) is 1. The van der Waals surface area contributed by atoms with Gasteiger partial charge < -0.3 is 9.51 Å². The molecule has 0 spiro atoms. The first-order chi connectivity index (χ1) is 7.16. The molecule has 2 aromatic heterocycles. The van der Waals surface area contributed by atoms with Crippen molar-refractivity contribution in [2.45, 2.75) is 12.8 Å². The zero-order chi connectivity index (χ0) is 10.8. The van der Waals surface area contributed by atoms with Gasteiger partial charge in [-0.05, 0) is 12.1 Å². The molecule has 2 heterocycles. The molecular formula is C10H9FN2O2. The van der Waals surface area contributed by atoms with E-state index < -0.39 is 11.8 Å². The van der Waals surface area contributed by atoms with Crippen LogP contribution in [-0.4, -0.2) is 20.5 Å². The van der Waals surface area contributed by atoms with E-state index in [0.717, 1.165) is 0 Å². The van der Waals surface area contributed by atoms with E-state index in [9.17, 15) is 9.18 Å². The third kappa shape index (κ3) is 1.96. The minimum absolute atomic E-state index is 0.00546. The molecule has 2 aromatic rings. The minimum Gasteiger partial charge on any atom is -0.481 e. The zero-order valence-corrected chi connectivity index (χ0v) is 7.85. The molecule has 0 unspecified atom stereocenters. The predicted octanol–water partition coefficient (Wildman–Crippen LogP) is 1.49. The van der Waals surface area contributed by atoms with E-state index in [1.165, 1.54) is 6.07 Å². The van der Waals surface area contributed by atoms with Gasteiger partial charge in [0.15, 0.2) is 11.5 Å². The van der Waals surface area contributed by atoms with E-state index in [0.29, 0.717) is 12.1 Å². The second-order valence-corrected chi connectivity index (χ2v) is 3.21. The molecule has 0 saturated carbocycles. The standard InChI is InChI=1S/C10H9FN2O2/c11-8-2-1-5-13-6-7(12-10(8)13)3-4-9(14)15/h1-2,5-6H,3-4H2,(H,14,15). The largest absolute Gasteiger partial charge is 0.481 e. The number of fused-ring (bicyclic) bond motifs is 1. The van der Waals surface area contributed by atoms with Gasteiger partial charge in [-0.3, -0.25) is 4.79 Å². The van der Waals surface area contributed by atoms with Crippen LogP contribution < -0.4 is 0 Å². The van der Waals surface area contributed by atoms with Gasteiger partial charge in [0.2, 0.25) is 0 Å². The molecule has 0 aliphatic rings. The zero-order valence-electron chi connectivity index (χ0n) is 7.85. The fourth-order valence-electron chi connectivity index (χ4n) is 1.38. The number of carboxylic acid groups (broad SMARTS) is 1. The van der Waals surface area contributed by atoms with Crippen molar-refractivity contribution >= 4 is 11.6 Å². The Labute approximate surface area is 85.0 Å². The molecule has 0 saturated heterocycles. The van der Waals surface area contributed by atoms with E-state index >= 15 is 0 Å². The molecule has 0 fully saturated rings. The highest BCUT2D eigenvalue weighted by Crippen LogP contribution is 2.10. The maximum Gasteiger partial charge on any atom is 0.303 e. The average molecular weight is 208 g/mol. The Kier molecular flexibility index (Phi) is 2.37. The first-order valence-corrected chi connectivity index (χ1v) is 4.51. The second-order valence-electron chi connectivity index (χ2n) is 3.21. The summed E-state index contributed by atoms with van der Waals surface area (Å²) in [6.07, 6.45) is 3.64. The predicted molar refractivity (Wildman–Crippen MR) is 51.1 cm³/mol. The third-order valence-corrected chi connectivity index (χ3v) is 2.08. The van der Waals surface area contributed by atoms with E-state index in [1.807, 2.05) is 0 Å². The molecular weight excluding hydrogens is 199 g/mol. The van der Waals surface area contributed by atoms with E-state index in [2.05, 4.69) is 4.98 Å². The maximum absolute atomic E-state index is 13.2. The number of aryl methyl sites for hydroxylation is 1. The van der Waals surface area contributed by atoms with Crippen molar-refractivity contribution in [1.82, 2.24) is 9.38 Å². The number of hydrogen-bond acceptors (Lipinski definition) is 2. The molecule has 2 rings (SSSR count). The van der Waals surface area contributed by atoms with Gasteiger partial charge in [-0.2, -0.15) is 0 Å². The summed E-state index contributed by atoms with van der Waals surface area (Å²) < 4.78 is 14.7. The fraction of sp³-hybridized carbons (Fsp3) is 0.200. The van der Waals surface area contributed by atoms with Crippen LogP contribution in [0.4, 0.5) is 4.39 Å². The van der Waals surface area contributed by atoms with Crippen LogP contribution in [0, 0.1) is 5.82 Å². The van der Waals surface area contributed by atoms with Crippen molar-refractivity contribution in [2.24, 2.45) is 0 Å². The number of carbonyl (C=O) groups is 1. The second kappa shape index (κ2) is 3.68. The van der Waals surface area contributed by atoms with Gasteiger partial charge in [0.1, 0.15) is 0 Å². The van der Waals surface area contributed by atoms with E-state index in [1.54, 1.807) is 22.9 Å². The van der Waals surface area contributed by atoms with Crippen molar-refractivity contribution in [1.29, 1.82) is 0 Å². The van der Waals surface area contributed by atoms with Crippen molar-refractivity contribution in [3.05, 3.63) is 36.0 Å². The Balaban J connectivity index is 2.31. The van der Waals surface area contributed by atoms with Crippen molar-refractivity contribution in [2.75, 3.05) is 0 Å². The summed E-state index contributed by atoms with van der Waals surface area (Å²) in [6.45, 7) is 0. The van der Waals surface area contributed by atoms with E-state index in [-0.39, 0.29) is 12.1 Å². The van der Waals surface area contributed by atoms with Crippen LogP contribution in [0.5, 0.6) is 0 Å². The van der Waals surface area contributed by atoms with Crippen LogP contribution in [0.25, 0.3) is 5.65 Å². The monoisotopic (exact) mass is 208 g/mol. The van der Waals surface area contributed by atoms with Gasteiger partial charge in [-0.25, -0.2) is 9.37 Å². The van der Waals surface area contributed by atoms with Gasteiger partial charge in [0.05, 0.1) is 12.1 Å². The number of pyridine rings is 1. The lowest BCUT2D eigenvalue weighted by Gasteiger charge is -1.90.